The van der Waals surface area contributed by atoms with Crippen LogP contribution >= 0.6 is 0 Å². The van der Waals surface area contributed by atoms with Crippen LogP contribution in [0, 0.1) is 0 Å². The fourth-order valence-electron chi connectivity index (χ4n) is 1.72. The Kier molecular flexibility index (Phi) is 3.81. The second-order valence-electron chi connectivity index (χ2n) is 5.58. The monoisotopic (exact) mass is 256 g/mol. The molecule has 0 aliphatic rings. The molecule has 0 radical (unpaired) electrons. The third-order valence-corrected chi connectivity index (χ3v) is 2.87. The minimum Gasteiger partial charge on any atom is -0.339 e. The van der Waals surface area contributed by atoms with E-state index < -0.39 is 0 Å². The lowest BCUT2D eigenvalue weighted by molar-refractivity contribution is 0.559. The Morgan fingerprint density at radius 2 is 1.89 bits per heavy atom. The van der Waals surface area contributed by atoms with E-state index in [4.69, 9.17) is 5.73 Å². The van der Waals surface area contributed by atoms with Gasteiger partial charge in [0, 0.05) is 17.6 Å². The van der Waals surface area contributed by atoms with Crippen molar-refractivity contribution in [1.29, 1.82) is 0 Å². The predicted molar refractivity (Wildman–Crippen MR) is 78.3 cm³/mol. The summed E-state index contributed by atoms with van der Waals surface area (Å²) >= 11 is 0. The maximum Gasteiger partial charge on any atom is 0.153 e. The van der Waals surface area contributed by atoms with Gasteiger partial charge in [-0.15, -0.1) is 5.10 Å². The van der Waals surface area contributed by atoms with Crippen LogP contribution in [0.15, 0.2) is 36.4 Å². The molecule has 0 unspecified atom stereocenters. The van der Waals surface area contributed by atoms with Crippen molar-refractivity contribution in [3.05, 3.63) is 47.7 Å². The Morgan fingerprint density at radius 3 is 2.47 bits per heavy atom. The van der Waals surface area contributed by atoms with Crippen molar-refractivity contribution >= 4 is 11.5 Å². The SMILES string of the molecule is CC(C)(C)c1ccc(Nc2cccc(CN)c2)nn1. The van der Waals surface area contributed by atoms with Gasteiger partial charge in [0.15, 0.2) is 5.82 Å². The van der Waals surface area contributed by atoms with Crippen LogP contribution in [0.1, 0.15) is 32.0 Å². The molecule has 0 fully saturated rings. The first-order valence-electron chi connectivity index (χ1n) is 6.39. The van der Waals surface area contributed by atoms with Gasteiger partial charge in [0.2, 0.25) is 0 Å². The Labute approximate surface area is 114 Å². The molecule has 1 heterocycles. The minimum absolute atomic E-state index is 0.0188. The predicted octanol–water partition coefficient (Wildman–Crippen LogP) is 2.98. The van der Waals surface area contributed by atoms with Crippen LogP contribution in [0.4, 0.5) is 11.5 Å². The van der Waals surface area contributed by atoms with Crippen LogP contribution in [0.5, 0.6) is 0 Å². The lowest BCUT2D eigenvalue weighted by Gasteiger charge is -2.16. The van der Waals surface area contributed by atoms with Gasteiger partial charge in [-0.25, -0.2) is 0 Å². The number of anilines is 2. The molecule has 1 aromatic heterocycles. The van der Waals surface area contributed by atoms with Crippen molar-refractivity contribution in [2.24, 2.45) is 5.73 Å². The van der Waals surface area contributed by atoms with E-state index in [2.05, 4.69) is 36.3 Å². The highest BCUT2D eigenvalue weighted by molar-refractivity contribution is 5.56. The van der Waals surface area contributed by atoms with E-state index in [1.807, 2.05) is 36.4 Å². The molecular weight excluding hydrogens is 236 g/mol. The number of nitrogens with zero attached hydrogens (tertiary/aromatic N) is 2. The number of nitrogens with two attached hydrogens (primary N) is 1. The largest absolute Gasteiger partial charge is 0.339 e. The Morgan fingerprint density at radius 1 is 1.11 bits per heavy atom. The van der Waals surface area contributed by atoms with Gasteiger partial charge < -0.3 is 11.1 Å². The van der Waals surface area contributed by atoms with Gasteiger partial charge >= 0.3 is 0 Å². The van der Waals surface area contributed by atoms with Crippen LogP contribution in [0.3, 0.4) is 0 Å². The summed E-state index contributed by atoms with van der Waals surface area (Å²) in [5.74, 6) is 0.738. The molecule has 0 saturated heterocycles. The average Bonchev–Trinajstić information content (AvgIpc) is 2.38. The van der Waals surface area contributed by atoms with Gasteiger partial charge in [-0.1, -0.05) is 32.9 Å². The minimum atomic E-state index is 0.0188. The maximum atomic E-state index is 5.62. The van der Waals surface area contributed by atoms with Crippen molar-refractivity contribution in [2.45, 2.75) is 32.7 Å². The molecule has 3 N–H and O–H groups in total. The van der Waals surface area contributed by atoms with Crippen LogP contribution in [0.25, 0.3) is 0 Å². The van der Waals surface area contributed by atoms with Gasteiger partial charge in [-0.05, 0) is 29.8 Å². The fraction of sp³-hybridized carbons (Fsp3) is 0.333. The molecule has 0 bridgehead atoms. The molecule has 2 rings (SSSR count). The second kappa shape index (κ2) is 5.36. The standard InChI is InChI=1S/C15H20N4/c1-15(2,3)13-7-8-14(19-18-13)17-12-6-4-5-11(9-12)10-16/h4-9H,10,16H2,1-3H3,(H,17,19). The first-order chi connectivity index (χ1) is 8.99. The van der Waals surface area contributed by atoms with E-state index in [1.165, 1.54) is 0 Å². The van der Waals surface area contributed by atoms with Crippen LogP contribution in [0.2, 0.25) is 0 Å². The van der Waals surface area contributed by atoms with Crippen molar-refractivity contribution in [2.75, 3.05) is 5.32 Å². The number of hydrogen-bond acceptors (Lipinski definition) is 4. The van der Waals surface area contributed by atoms with Crippen molar-refractivity contribution in [3.63, 3.8) is 0 Å². The Hall–Kier alpha value is -1.94. The zero-order chi connectivity index (χ0) is 13.9. The fourth-order valence-corrected chi connectivity index (χ4v) is 1.72. The van der Waals surface area contributed by atoms with Gasteiger partial charge in [0.05, 0.1) is 5.69 Å². The van der Waals surface area contributed by atoms with Crippen LogP contribution in [-0.2, 0) is 12.0 Å². The van der Waals surface area contributed by atoms with Crippen molar-refractivity contribution in [1.82, 2.24) is 10.2 Å². The molecule has 0 saturated carbocycles. The smallest absolute Gasteiger partial charge is 0.153 e. The van der Waals surface area contributed by atoms with E-state index in [-0.39, 0.29) is 5.41 Å². The third-order valence-electron chi connectivity index (χ3n) is 2.87. The molecule has 4 nitrogen and oxygen atoms in total. The highest BCUT2D eigenvalue weighted by Crippen LogP contribution is 2.21. The molecule has 0 spiro atoms. The lowest BCUT2D eigenvalue weighted by atomic mass is 9.92. The molecule has 0 aliphatic heterocycles. The van der Waals surface area contributed by atoms with Crippen LogP contribution < -0.4 is 11.1 Å². The van der Waals surface area contributed by atoms with E-state index in [1.54, 1.807) is 0 Å². The number of benzene rings is 1. The normalized spacial score (nSPS) is 11.4. The quantitative estimate of drug-likeness (QED) is 0.886. The van der Waals surface area contributed by atoms with Crippen molar-refractivity contribution in [3.8, 4) is 0 Å². The van der Waals surface area contributed by atoms with Gasteiger partial charge in [0.1, 0.15) is 0 Å². The first-order valence-corrected chi connectivity index (χ1v) is 6.39. The third kappa shape index (κ3) is 3.51. The Balaban J connectivity index is 2.15. The topological polar surface area (TPSA) is 63.8 Å². The first kappa shape index (κ1) is 13.5. The van der Waals surface area contributed by atoms with Gasteiger partial charge in [-0.2, -0.15) is 5.10 Å². The Bertz CT molecular complexity index is 541. The zero-order valence-corrected chi connectivity index (χ0v) is 11.6. The average molecular weight is 256 g/mol. The van der Waals surface area contributed by atoms with Crippen LogP contribution in [-0.4, -0.2) is 10.2 Å². The summed E-state index contributed by atoms with van der Waals surface area (Å²) in [6, 6.07) is 11.9. The van der Waals surface area contributed by atoms with Crippen molar-refractivity contribution < 1.29 is 0 Å². The summed E-state index contributed by atoms with van der Waals surface area (Å²) in [6.45, 7) is 6.89. The lowest BCUT2D eigenvalue weighted by Crippen LogP contribution is -2.14. The molecule has 0 aliphatic carbocycles. The van der Waals surface area contributed by atoms with E-state index in [0.717, 1.165) is 22.8 Å². The summed E-state index contributed by atoms with van der Waals surface area (Å²) in [5, 5.41) is 11.7. The van der Waals surface area contributed by atoms with Gasteiger partial charge in [0.25, 0.3) is 0 Å². The molecule has 0 amide bonds. The summed E-state index contributed by atoms with van der Waals surface area (Å²) in [7, 11) is 0. The molecule has 4 heteroatoms. The number of aromatic nitrogens is 2. The highest BCUT2D eigenvalue weighted by atomic mass is 15.2. The van der Waals surface area contributed by atoms with E-state index >= 15 is 0 Å². The molecule has 19 heavy (non-hydrogen) atoms. The van der Waals surface area contributed by atoms with Gasteiger partial charge in [-0.3, -0.25) is 0 Å². The molecule has 1 aromatic carbocycles. The number of nitrogens with one attached hydrogen (secondary N) is 1. The molecular formula is C15H20N4. The molecule has 100 valence electrons. The summed E-state index contributed by atoms with van der Waals surface area (Å²) in [4.78, 5) is 0. The summed E-state index contributed by atoms with van der Waals surface area (Å²) in [5.41, 5.74) is 8.68. The number of rotatable bonds is 3. The molecule has 2 aromatic rings. The second-order valence-corrected chi connectivity index (χ2v) is 5.58. The van der Waals surface area contributed by atoms with E-state index in [0.29, 0.717) is 6.54 Å². The highest BCUT2D eigenvalue weighted by Gasteiger charge is 2.15. The summed E-state index contributed by atoms with van der Waals surface area (Å²) in [6.07, 6.45) is 0. The molecule has 0 atom stereocenters. The summed E-state index contributed by atoms with van der Waals surface area (Å²) < 4.78 is 0. The van der Waals surface area contributed by atoms with E-state index in [9.17, 15) is 0 Å². The maximum absolute atomic E-state index is 5.62. The zero-order valence-electron chi connectivity index (χ0n) is 11.6. The number of hydrogen-bond donors (Lipinski definition) is 2.